The van der Waals surface area contributed by atoms with Gasteiger partial charge in [0.2, 0.25) is 5.88 Å². The molecule has 0 atom stereocenters. The van der Waals surface area contributed by atoms with Crippen LogP contribution in [0.4, 0.5) is 10.7 Å². The van der Waals surface area contributed by atoms with Crippen LogP contribution in [0.25, 0.3) is 11.0 Å². The molecule has 18 heavy (non-hydrogen) atoms. The van der Waals surface area contributed by atoms with Crippen molar-refractivity contribution in [2.24, 2.45) is 0 Å². The number of carbonyl (C=O) groups excluding carboxylic acids is 1. The predicted molar refractivity (Wildman–Crippen MR) is 67.9 cm³/mol. The summed E-state index contributed by atoms with van der Waals surface area (Å²) in [6.07, 6.45) is -0.646. The number of anilines is 1. The summed E-state index contributed by atoms with van der Waals surface area (Å²) in [6, 6.07) is 6.51. The summed E-state index contributed by atoms with van der Waals surface area (Å²) in [6.45, 7) is 3.84. The zero-order valence-corrected chi connectivity index (χ0v) is 10.1. The first-order valence-electron chi connectivity index (χ1n) is 5.58. The van der Waals surface area contributed by atoms with Crippen LogP contribution in [0.3, 0.4) is 0 Å². The summed E-state index contributed by atoms with van der Waals surface area (Å²) in [4.78, 5) is 23.1. The fourth-order valence-electron chi connectivity index (χ4n) is 1.60. The van der Waals surface area contributed by atoms with Gasteiger partial charge in [-0.15, -0.1) is 0 Å². The average molecular weight is 247 g/mol. The van der Waals surface area contributed by atoms with E-state index < -0.39 is 6.09 Å². The Morgan fingerprint density at radius 1 is 1.39 bits per heavy atom. The van der Waals surface area contributed by atoms with Gasteiger partial charge in [-0.25, -0.2) is 4.79 Å². The van der Waals surface area contributed by atoms with Gasteiger partial charge in [0.1, 0.15) is 5.58 Å². The van der Waals surface area contributed by atoms with E-state index in [1.165, 1.54) is 6.07 Å². The zero-order chi connectivity index (χ0) is 13.1. The average Bonchev–Trinajstić information content (AvgIpc) is 2.30. The minimum atomic E-state index is -0.646. The molecule has 0 unspecified atom stereocenters. The third-order valence-electron chi connectivity index (χ3n) is 2.38. The first kappa shape index (κ1) is 12.2. The lowest BCUT2D eigenvalue weighted by Gasteiger charge is -2.05. The lowest BCUT2D eigenvalue weighted by atomic mass is 10.1. The number of hydrogen-bond acceptors (Lipinski definition) is 4. The fraction of sp³-hybridized carbons (Fsp3) is 0.231. The second-order valence-electron chi connectivity index (χ2n) is 3.82. The molecule has 1 aromatic carbocycles. The molecule has 0 saturated carbocycles. The van der Waals surface area contributed by atoms with Crippen molar-refractivity contribution in [3.63, 3.8) is 0 Å². The van der Waals surface area contributed by atoms with E-state index in [0.717, 1.165) is 5.56 Å². The third-order valence-corrected chi connectivity index (χ3v) is 2.38. The van der Waals surface area contributed by atoms with Crippen molar-refractivity contribution in [1.82, 2.24) is 0 Å². The number of aryl methyl sites for hydroxylation is 1. The van der Waals surface area contributed by atoms with Gasteiger partial charge in [0.05, 0.1) is 12.0 Å². The molecule has 1 amide bonds. The van der Waals surface area contributed by atoms with Crippen molar-refractivity contribution in [3.05, 3.63) is 40.1 Å². The van der Waals surface area contributed by atoms with E-state index in [0.29, 0.717) is 11.0 Å². The van der Waals surface area contributed by atoms with Crippen LogP contribution in [-0.2, 0) is 4.74 Å². The molecule has 1 aromatic heterocycles. The van der Waals surface area contributed by atoms with Gasteiger partial charge in [0.25, 0.3) is 0 Å². The highest BCUT2D eigenvalue weighted by molar-refractivity contribution is 5.85. The number of hydrogen-bond donors (Lipinski definition) is 1. The third kappa shape index (κ3) is 2.51. The van der Waals surface area contributed by atoms with E-state index in [2.05, 4.69) is 5.32 Å². The van der Waals surface area contributed by atoms with Crippen LogP contribution in [-0.4, -0.2) is 12.7 Å². The van der Waals surface area contributed by atoms with Crippen molar-refractivity contribution in [2.75, 3.05) is 11.9 Å². The summed E-state index contributed by atoms with van der Waals surface area (Å²) < 4.78 is 10.1. The molecule has 0 spiro atoms. The fourth-order valence-corrected chi connectivity index (χ4v) is 1.60. The molecule has 94 valence electrons. The Morgan fingerprint density at radius 3 is 2.89 bits per heavy atom. The molecule has 0 radical (unpaired) electrons. The van der Waals surface area contributed by atoms with Crippen molar-refractivity contribution in [3.8, 4) is 0 Å². The lowest BCUT2D eigenvalue weighted by molar-refractivity contribution is 0.167. The van der Waals surface area contributed by atoms with Gasteiger partial charge < -0.3 is 9.15 Å². The zero-order valence-electron chi connectivity index (χ0n) is 10.1. The van der Waals surface area contributed by atoms with Crippen LogP contribution in [0.5, 0.6) is 0 Å². The molecule has 2 rings (SSSR count). The van der Waals surface area contributed by atoms with Crippen LogP contribution in [0.1, 0.15) is 12.5 Å². The predicted octanol–water partition coefficient (Wildman–Crippen LogP) is 2.67. The first-order valence-corrected chi connectivity index (χ1v) is 5.58. The summed E-state index contributed by atoms with van der Waals surface area (Å²) in [5.74, 6) is 0.0785. The largest absolute Gasteiger partial charge is 0.450 e. The number of rotatable bonds is 2. The molecule has 5 heteroatoms. The van der Waals surface area contributed by atoms with Crippen molar-refractivity contribution in [2.45, 2.75) is 13.8 Å². The number of ether oxygens (including phenoxy) is 1. The van der Waals surface area contributed by atoms with E-state index in [1.807, 2.05) is 13.0 Å². The highest BCUT2D eigenvalue weighted by Crippen LogP contribution is 2.16. The molecule has 1 N–H and O–H groups in total. The van der Waals surface area contributed by atoms with Crippen LogP contribution in [0.2, 0.25) is 0 Å². The van der Waals surface area contributed by atoms with Crippen LogP contribution in [0, 0.1) is 6.92 Å². The van der Waals surface area contributed by atoms with Gasteiger partial charge in [0, 0.05) is 6.07 Å². The van der Waals surface area contributed by atoms with Crippen LogP contribution in [0.15, 0.2) is 33.5 Å². The van der Waals surface area contributed by atoms with Gasteiger partial charge >= 0.3 is 6.09 Å². The quantitative estimate of drug-likeness (QED) is 0.885. The van der Waals surface area contributed by atoms with Gasteiger partial charge in [-0.3, -0.25) is 10.1 Å². The summed E-state index contributed by atoms with van der Waals surface area (Å²) in [7, 11) is 0. The molecule has 0 aliphatic carbocycles. The second kappa shape index (κ2) is 4.91. The number of amides is 1. The minimum Gasteiger partial charge on any atom is -0.450 e. The van der Waals surface area contributed by atoms with Crippen molar-refractivity contribution in [1.29, 1.82) is 0 Å². The Morgan fingerprint density at radius 2 is 2.17 bits per heavy atom. The van der Waals surface area contributed by atoms with Crippen molar-refractivity contribution < 1.29 is 13.9 Å². The smallest absolute Gasteiger partial charge is 0.413 e. The molecule has 0 aliphatic rings. The topological polar surface area (TPSA) is 68.5 Å². The summed E-state index contributed by atoms with van der Waals surface area (Å²) in [5, 5.41) is 2.85. The highest BCUT2D eigenvalue weighted by atomic mass is 16.5. The molecule has 0 fully saturated rings. The molecular weight excluding hydrogens is 234 g/mol. The summed E-state index contributed by atoms with van der Waals surface area (Å²) >= 11 is 0. The molecule has 0 aliphatic heterocycles. The Bertz CT molecular complexity index is 645. The number of benzene rings is 1. The Balaban J connectivity index is 2.40. The molecule has 2 aromatic rings. The molecule has 1 heterocycles. The molecule has 5 nitrogen and oxygen atoms in total. The van der Waals surface area contributed by atoms with E-state index >= 15 is 0 Å². The van der Waals surface area contributed by atoms with E-state index in [-0.39, 0.29) is 17.9 Å². The Labute approximate surface area is 103 Å². The maximum Gasteiger partial charge on any atom is 0.413 e. The summed E-state index contributed by atoms with van der Waals surface area (Å²) in [5.41, 5.74) is 1.20. The molecule has 0 saturated heterocycles. The van der Waals surface area contributed by atoms with Crippen LogP contribution >= 0.6 is 0 Å². The monoisotopic (exact) mass is 247 g/mol. The lowest BCUT2D eigenvalue weighted by Crippen LogP contribution is -2.14. The van der Waals surface area contributed by atoms with Gasteiger partial charge in [-0.05, 0) is 26.0 Å². The van der Waals surface area contributed by atoms with E-state index in [9.17, 15) is 9.59 Å². The van der Waals surface area contributed by atoms with Crippen LogP contribution < -0.4 is 10.7 Å². The number of fused-ring (bicyclic) bond motifs is 1. The van der Waals surface area contributed by atoms with E-state index in [4.69, 9.17) is 9.15 Å². The molecular formula is C13H13NO4. The normalized spacial score (nSPS) is 10.3. The van der Waals surface area contributed by atoms with E-state index in [1.54, 1.807) is 19.1 Å². The number of nitrogens with one attached hydrogen (secondary N) is 1. The van der Waals surface area contributed by atoms with Crippen molar-refractivity contribution >= 4 is 22.9 Å². The maximum atomic E-state index is 11.8. The highest BCUT2D eigenvalue weighted by Gasteiger charge is 2.08. The number of carbonyl (C=O) groups is 1. The Hall–Kier alpha value is -2.30. The SMILES string of the molecule is CCOC(=O)Nc1cc(=O)c2cc(C)ccc2o1. The first-order chi connectivity index (χ1) is 8.60. The minimum absolute atomic E-state index is 0.0785. The molecule has 0 bridgehead atoms. The van der Waals surface area contributed by atoms with Gasteiger partial charge in [-0.1, -0.05) is 11.6 Å². The standard InChI is InChI=1S/C13H13NO4/c1-3-17-13(16)14-12-7-10(15)9-6-8(2)4-5-11(9)18-12/h4-7H,3H2,1-2H3,(H,14,16). The second-order valence-corrected chi connectivity index (χ2v) is 3.82. The van der Waals surface area contributed by atoms with Gasteiger partial charge in [0.15, 0.2) is 5.43 Å². The van der Waals surface area contributed by atoms with Gasteiger partial charge in [-0.2, -0.15) is 0 Å². The Kier molecular flexibility index (Phi) is 3.32. The maximum absolute atomic E-state index is 11.8.